The SMILES string of the molecule is CCc1cccc(C)c1NC(=O)c1cnc(N(CC)Cc2ccccc2)nc1. The van der Waals surface area contributed by atoms with E-state index in [4.69, 9.17) is 0 Å². The predicted molar refractivity (Wildman–Crippen MR) is 114 cm³/mol. The van der Waals surface area contributed by atoms with Crippen LogP contribution in [0.5, 0.6) is 0 Å². The van der Waals surface area contributed by atoms with Crippen molar-refractivity contribution in [2.75, 3.05) is 16.8 Å². The number of rotatable bonds is 7. The third-order valence-electron chi connectivity index (χ3n) is 4.76. The van der Waals surface area contributed by atoms with Gasteiger partial charge in [0, 0.05) is 31.2 Å². The van der Waals surface area contributed by atoms with E-state index in [0.717, 1.165) is 36.3 Å². The maximum absolute atomic E-state index is 12.7. The zero-order chi connectivity index (χ0) is 19.9. The van der Waals surface area contributed by atoms with Gasteiger partial charge in [-0.05, 0) is 37.0 Å². The number of nitrogens with zero attached hydrogens (tertiary/aromatic N) is 3. The highest BCUT2D eigenvalue weighted by molar-refractivity contribution is 6.04. The molecule has 28 heavy (non-hydrogen) atoms. The number of carbonyl (C=O) groups is 1. The van der Waals surface area contributed by atoms with Crippen LogP contribution < -0.4 is 10.2 Å². The Morgan fingerprint density at radius 3 is 2.36 bits per heavy atom. The smallest absolute Gasteiger partial charge is 0.258 e. The summed E-state index contributed by atoms with van der Waals surface area (Å²) in [6, 6.07) is 16.2. The highest BCUT2D eigenvalue weighted by atomic mass is 16.1. The summed E-state index contributed by atoms with van der Waals surface area (Å²) in [4.78, 5) is 23.6. The van der Waals surface area contributed by atoms with Crippen LogP contribution in [-0.2, 0) is 13.0 Å². The Labute approximate surface area is 166 Å². The van der Waals surface area contributed by atoms with Gasteiger partial charge in [0.1, 0.15) is 0 Å². The van der Waals surface area contributed by atoms with Crippen LogP contribution in [0.2, 0.25) is 0 Å². The zero-order valence-corrected chi connectivity index (χ0v) is 16.6. The average Bonchev–Trinajstić information content (AvgIpc) is 2.74. The molecule has 0 aliphatic carbocycles. The van der Waals surface area contributed by atoms with Gasteiger partial charge >= 0.3 is 0 Å². The number of benzene rings is 2. The molecule has 3 aromatic rings. The van der Waals surface area contributed by atoms with Crippen molar-refractivity contribution in [3.05, 3.63) is 83.2 Å². The summed E-state index contributed by atoms with van der Waals surface area (Å²) in [5.41, 5.74) is 4.68. The van der Waals surface area contributed by atoms with E-state index in [-0.39, 0.29) is 5.91 Å². The number of hydrogen-bond donors (Lipinski definition) is 1. The molecule has 0 aliphatic rings. The molecule has 5 heteroatoms. The van der Waals surface area contributed by atoms with Crippen LogP contribution in [0.1, 0.15) is 40.9 Å². The summed E-state index contributed by atoms with van der Waals surface area (Å²) < 4.78 is 0. The molecule has 0 radical (unpaired) electrons. The Morgan fingerprint density at radius 1 is 1.00 bits per heavy atom. The van der Waals surface area contributed by atoms with Gasteiger partial charge in [-0.15, -0.1) is 0 Å². The van der Waals surface area contributed by atoms with Crippen LogP contribution in [0, 0.1) is 6.92 Å². The first-order valence-electron chi connectivity index (χ1n) is 9.63. The molecule has 0 saturated heterocycles. The number of nitrogens with one attached hydrogen (secondary N) is 1. The molecule has 5 nitrogen and oxygen atoms in total. The molecule has 0 spiro atoms. The summed E-state index contributed by atoms with van der Waals surface area (Å²) in [5.74, 6) is 0.426. The first kappa shape index (κ1) is 19.5. The largest absolute Gasteiger partial charge is 0.337 e. The Hall–Kier alpha value is -3.21. The van der Waals surface area contributed by atoms with Crippen molar-refractivity contribution in [1.82, 2.24) is 9.97 Å². The van der Waals surface area contributed by atoms with Gasteiger partial charge < -0.3 is 10.2 Å². The zero-order valence-electron chi connectivity index (χ0n) is 16.6. The van der Waals surface area contributed by atoms with Crippen molar-refractivity contribution in [2.45, 2.75) is 33.7 Å². The topological polar surface area (TPSA) is 58.1 Å². The van der Waals surface area contributed by atoms with Crippen molar-refractivity contribution < 1.29 is 4.79 Å². The van der Waals surface area contributed by atoms with E-state index >= 15 is 0 Å². The maximum atomic E-state index is 12.7. The highest BCUT2D eigenvalue weighted by Gasteiger charge is 2.13. The van der Waals surface area contributed by atoms with Gasteiger partial charge in [-0.3, -0.25) is 4.79 Å². The second-order valence-corrected chi connectivity index (χ2v) is 6.69. The number of carbonyl (C=O) groups excluding carboxylic acids is 1. The van der Waals surface area contributed by atoms with Crippen LogP contribution in [0.3, 0.4) is 0 Å². The molecule has 1 N–H and O–H groups in total. The molecule has 2 aromatic carbocycles. The van der Waals surface area contributed by atoms with Crippen LogP contribution in [0.4, 0.5) is 11.6 Å². The summed E-state index contributed by atoms with van der Waals surface area (Å²) in [6.45, 7) is 7.65. The number of para-hydroxylation sites is 1. The van der Waals surface area contributed by atoms with Crippen LogP contribution in [-0.4, -0.2) is 22.4 Å². The molecular formula is C23H26N4O. The fraction of sp³-hybridized carbons (Fsp3) is 0.261. The van der Waals surface area contributed by atoms with E-state index in [9.17, 15) is 4.79 Å². The van der Waals surface area contributed by atoms with Crippen molar-refractivity contribution in [3.63, 3.8) is 0 Å². The van der Waals surface area contributed by atoms with E-state index in [1.54, 1.807) is 12.4 Å². The summed E-state index contributed by atoms with van der Waals surface area (Å²) in [6.07, 6.45) is 4.04. The Bertz CT molecular complexity index is 923. The highest BCUT2D eigenvalue weighted by Crippen LogP contribution is 2.22. The van der Waals surface area contributed by atoms with Gasteiger partial charge in [0.05, 0.1) is 5.56 Å². The van der Waals surface area contributed by atoms with Crippen molar-refractivity contribution in [2.24, 2.45) is 0 Å². The normalized spacial score (nSPS) is 10.5. The minimum absolute atomic E-state index is 0.193. The standard InChI is InChI=1S/C23H26N4O/c1-4-19-13-9-10-17(3)21(19)26-22(28)20-14-24-23(25-15-20)27(5-2)16-18-11-7-6-8-12-18/h6-15H,4-5,16H2,1-3H3,(H,26,28). The molecule has 3 rings (SSSR count). The molecule has 144 valence electrons. The van der Waals surface area contributed by atoms with Gasteiger partial charge in [-0.2, -0.15) is 0 Å². The van der Waals surface area contributed by atoms with Gasteiger partial charge in [0.25, 0.3) is 5.91 Å². The predicted octanol–water partition coefficient (Wildman–Crippen LogP) is 4.63. The fourth-order valence-corrected chi connectivity index (χ4v) is 3.12. The quantitative estimate of drug-likeness (QED) is 0.655. The summed E-state index contributed by atoms with van der Waals surface area (Å²) >= 11 is 0. The van der Waals surface area contributed by atoms with Gasteiger partial charge in [-0.25, -0.2) is 9.97 Å². The minimum atomic E-state index is -0.193. The van der Waals surface area contributed by atoms with Crippen molar-refractivity contribution in [3.8, 4) is 0 Å². The third kappa shape index (κ3) is 4.55. The average molecular weight is 374 g/mol. The van der Waals surface area contributed by atoms with Crippen molar-refractivity contribution in [1.29, 1.82) is 0 Å². The van der Waals surface area contributed by atoms with E-state index in [1.165, 1.54) is 5.56 Å². The Morgan fingerprint density at radius 2 is 1.71 bits per heavy atom. The minimum Gasteiger partial charge on any atom is -0.337 e. The van der Waals surface area contributed by atoms with E-state index in [1.807, 2.05) is 43.3 Å². The van der Waals surface area contributed by atoms with Crippen LogP contribution in [0.15, 0.2) is 60.9 Å². The van der Waals surface area contributed by atoms with E-state index in [2.05, 4.69) is 46.2 Å². The molecule has 1 heterocycles. The van der Waals surface area contributed by atoms with Gasteiger partial charge in [0.2, 0.25) is 5.95 Å². The molecule has 0 unspecified atom stereocenters. The third-order valence-corrected chi connectivity index (χ3v) is 4.76. The first-order valence-corrected chi connectivity index (χ1v) is 9.63. The Balaban J connectivity index is 1.74. The lowest BCUT2D eigenvalue weighted by molar-refractivity contribution is 0.102. The number of aryl methyl sites for hydroxylation is 2. The van der Waals surface area contributed by atoms with Crippen LogP contribution >= 0.6 is 0 Å². The monoisotopic (exact) mass is 374 g/mol. The fourth-order valence-electron chi connectivity index (χ4n) is 3.12. The number of hydrogen-bond acceptors (Lipinski definition) is 4. The summed E-state index contributed by atoms with van der Waals surface area (Å²) in [7, 11) is 0. The number of aromatic nitrogens is 2. The van der Waals surface area contributed by atoms with E-state index < -0.39 is 0 Å². The van der Waals surface area contributed by atoms with E-state index in [0.29, 0.717) is 11.5 Å². The molecule has 1 aromatic heterocycles. The molecule has 0 aliphatic heterocycles. The molecule has 0 atom stereocenters. The molecule has 0 bridgehead atoms. The molecule has 1 amide bonds. The molecular weight excluding hydrogens is 348 g/mol. The molecule has 0 fully saturated rings. The van der Waals surface area contributed by atoms with Gasteiger partial charge in [0.15, 0.2) is 0 Å². The lowest BCUT2D eigenvalue weighted by Gasteiger charge is -2.20. The van der Waals surface area contributed by atoms with Crippen LogP contribution in [0.25, 0.3) is 0 Å². The summed E-state index contributed by atoms with van der Waals surface area (Å²) in [5, 5.41) is 3.02. The first-order chi connectivity index (χ1) is 13.6. The Kier molecular flexibility index (Phi) is 6.37. The maximum Gasteiger partial charge on any atom is 0.258 e. The van der Waals surface area contributed by atoms with Gasteiger partial charge in [-0.1, -0.05) is 55.5 Å². The second kappa shape index (κ2) is 9.13. The molecule has 0 saturated carbocycles. The number of amides is 1. The lowest BCUT2D eigenvalue weighted by Crippen LogP contribution is -2.24. The lowest BCUT2D eigenvalue weighted by atomic mass is 10.1. The van der Waals surface area contributed by atoms with Crippen molar-refractivity contribution >= 4 is 17.5 Å². The number of anilines is 2. The second-order valence-electron chi connectivity index (χ2n) is 6.69.